The van der Waals surface area contributed by atoms with Crippen LogP contribution in [-0.2, 0) is 9.53 Å². The topological polar surface area (TPSA) is 46.5 Å². The van der Waals surface area contributed by atoms with E-state index in [0.29, 0.717) is 11.3 Å². The van der Waals surface area contributed by atoms with Crippen molar-refractivity contribution in [2.24, 2.45) is 22.7 Å². The Morgan fingerprint density at radius 1 is 1.21 bits per heavy atom. The quantitative estimate of drug-likeness (QED) is 0.588. The largest absolute Gasteiger partial charge is 0.466 e. The normalized spacial score (nSPS) is 39.2. The molecule has 0 aromatic carbocycles. The summed E-state index contributed by atoms with van der Waals surface area (Å²) >= 11 is 0. The van der Waals surface area contributed by atoms with Gasteiger partial charge in [0.1, 0.15) is 0 Å². The fourth-order valence-corrected chi connectivity index (χ4v) is 5.97. The lowest BCUT2D eigenvalue weighted by molar-refractivity contribution is -0.168. The Labute approximate surface area is 147 Å². The fraction of sp³-hybridized carbons (Fsp3) is 0.857. The van der Waals surface area contributed by atoms with Crippen LogP contribution in [0.5, 0.6) is 0 Å². The van der Waals surface area contributed by atoms with Crippen LogP contribution in [-0.4, -0.2) is 23.8 Å². The Balaban J connectivity index is 2.21. The van der Waals surface area contributed by atoms with Crippen LogP contribution in [0.25, 0.3) is 0 Å². The van der Waals surface area contributed by atoms with Crippen molar-refractivity contribution in [1.29, 1.82) is 0 Å². The van der Waals surface area contributed by atoms with Crippen molar-refractivity contribution in [3.05, 3.63) is 11.6 Å². The summed E-state index contributed by atoms with van der Waals surface area (Å²) in [7, 11) is 1.41. The van der Waals surface area contributed by atoms with Crippen molar-refractivity contribution in [3.8, 4) is 0 Å². The predicted octanol–water partition coefficient (Wildman–Crippen LogP) is 4.88. The van der Waals surface area contributed by atoms with Gasteiger partial charge in [-0.3, -0.25) is 0 Å². The summed E-state index contributed by atoms with van der Waals surface area (Å²) < 4.78 is 4.72. The van der Waals surface area contributed by atoms with Crippen molar-refractivity contribution in [2.45, 2.75) is 85.2 Å². The van der Waals surface area contributed by atoms with E-state index < -0.39 is 5.60 Å². The van der Waals surface area contributed by atoms with E-state index in [9.17, 15) is 9.90 Å². The molecule has 2 aliphatic rings. The van der Waals surface area contributed by atoms with E-state index in [1.807, 2.05) is 13.8 Å². The number of ether oxygens (including phenoxy) is 1. The SMILES string of the molecule is COC(=O)/C=C(/C)CC[C@@H]1[C@@]2(C)CCCC(C)(C)[C@@H]2CC[C@]1(C)O. The minimum atomic E-state index is -0.607. The monoisotopic (exact) mass is 336 g/mol. The third-order valence-electron chi connectivity index (χ3n) is 7.15. The first-order valence-corrected chi connectivity index (χ1v) is 9.50. The molecule has 0 amide bonds. The number of fused-ring (bicyclic) bond motifs is 1. The van der Waals surface area contributed by atoms with Gasteiger partial charge < -0.3 is 9.84 Å². The standard InChI is InChI=1S/C21H36O3/c1-15(14-18(22)24-6)8-9-17-20(4)12-7-11-19(2,3)16(20)10-13-21(17,5)23/h14,16-17,23H,7-13H2,1-6H3/b15-14-/t16-,17+,20-,21-/m0/s1. The Hall–Kier alpha value is -0.830. The van der Waals surface area contributed by atoms with Gasteiger partial charge in [-0.25, -0.2) is 4.79 Å². The van der Waals surface area contributed by atoms with Crippen LogP contribution in [0.2, 0.25) is 0 Å². The van der Waals surface area contributed by atoms with Crippen LogP contribution >= 0.6 is 0 Å². The summed E-state index contributed by atoms with van der Waals surface area (Å²) in [5, 5.41) is 11.1. The number of carbonyl (C=O) groups is 1. The summed E-state index contributed by atoms with van der Waals surface area (Å²) in [6, 6.07) is 0. The molecule has 0 spiro atoms. The molecule has 2 saturated carbocycles. The van der Waals surface area contributed by atoms with Gasteiger partial charge in [0.2, 0.25) is 0 Å². The number of hydrogen-bond donors (Lipinski definition) is 1. The molecular weight excluding hydrogens is 300 g/mol. The Kier molecular flexibility index (Phi) is 5.54. The molecule has 2 rings (SSSR count). The molecule has 2 aliphatic carbocycles. The third-order valence-corrected chi connectivity index (χ3v) is 7.15. The predicted molar refractivity (Wildman–Crippen MR) is 97.6 cm³/mol. The minimum absolute atomic E-state index is 0.190. The second-order valence-electron chi connectivity index (χ2n) is 9.40. The van der Waals surface area contributed by atoms with Crippen LogP contribution in [0.4, 0.5) is 0 Å². The van der Waals surface area contributed by atoms with Gasteiger partial charge in [0.05, 0.1) is 12.7 Å². The minimum Gasteiger partial charge on any atom is -0.466 e. The van der Waals surface area contributed by atoms with Crippen molar-refractivity contribution in [1.82, 2.24) is 0 Å². The number of esters is 1. The second-order valence-corrected chi connectivity index (χ2v) is 9.40. The van der Waals surface area contributed by atoms with Gasteiger partial charge >= 0.3 is 5.97 Å². The smallest absolute Gasteiger partial charge is 0.330 e. The maximum atomic E-state index is 11.4. The summed E-state index contributed by atoms with van der Waals surface area (Å²) in [6.45, 7) is 11.2. The summed E-state index contributed by atoms with van der Waals surface area (Å²) in [5.74, 6) is 0.670. The maximum absolute atomic E-state index is 11.4. The van der Waals surface area contributed by atoms with Gasteiger partial charge in [0, 0.05) is 6.08 Å². The first-order valence-electron chi connectivity index (χ1n) is 9.50. The summed E-state index contributed by atoms with van der Waals surface area (Å²) in [5.41, 5.74) is 0.983. The van der Waals surface area contributed by atoms with E-state index in [0.717, 1.165) is 31.3 Å². The molecule has 138 valence electrons. The van der Waals surface area contributed by atoms with Gasteiger partial charge in [-0.2, -0.15) is 0 Å². The lowest BCUT2D eigenvalue weighted by Crippen LogP contribution is -2.57. The number of carbonyl (C=O) groups excluding carboxylic acids is 1. The van der Waals surface area contributed by atoms with E-state index in [-0.39, 0.29) is 17.3 Å². The maximum Gasteiger partial charge on any atom is 0.330 e. The Morgan fingerprint density at radius 3 is 2.50 bits per heavy atom. The molecule has 4 atom stereocenters. The summed E-state index contributed by atoms with van der Waals surface area (Å²) in [6.07, 6.45) is 9.15. The first kappa shape index (κ1) is 19.5. The zero-order valence-corrected chi connectivity index (χ0v) is 16.4. The van der Waals surface area contributed by atoms with Crippen LogP contribution in [0.3, 0.4) is 0 Å². The lowest BCUT2D eigenvalue weighted by atomic mass is 9.45. The first-order chi connectivity index (χ1) is 11.0. The molecule has 0 aromatic heterocycles. The number of hydrogen-bond acceptors (Lipinski definition) is 3. The third kappa shape index (κ3) is 3.71. The van der Waals surface area contributed by atoms with E-state index in [4.69, 9.17) is 4.74 Å². The molecule has 1 N–H and O–H groups in total. The van der Waals surface area contributed by atoms with Crippen LogP contribution in [0.15, 0.2) is 11.6 Å². The molecule has 2 fully saturated rings. The van der Waals surface area contributed by atoms with Crippen LogP contribution in [0, 0.1) is 22.7 Å². The molecule has 0 saturated heterocycles. The molecule has 0 bridgehead atoms. The van der Waals surface area contributed by atoms with Gasteiger partial charge in [-0.1, -0.05) is 32.8 Å². The van der Waals surface area contributed by atoms with E-state index in [1.165, 1.54) is 26.4 Å². The highest BCUT2D eigenvalue weighted by Gasteiger charge is 2.57. The van der Waals surface area contributed by atoms with E-state index in [1.54, 1.807) is 6.08 Å². The van der Waals surface area contributed by atoms with Gasteiger partial charge in [0.25, 0.3) is 0 Å². The molecule has 0 radical (unpaired) electrons. The molecule has 0 heterocycles. The van der Waals surface area contributed by atoms with Crippen molar-refractivity contribution >= 4 is 5.97 Å². The molecule has 0 aromatic rings. The molecule has 0 aliphatic heterocycles. The highest BCUT2D eigenvalue weighted by molar-refractivity contribution is 5.82. The van der Waals surface area contributed by atoms with Gasteiger partial charge in [-0.05, 0) is 75.0 Å². The van der Waals surface area contributed by atoms with Crippen LogP contribution in [0.1, 0.15) is 79.6 Å². The molecule has 0 unspecified atom stereocenters. The van der Waals surface area contributed by atoms with E-state index >= 15 is 0 Å². The highest BCUT2D eigenvalue weighted by atomic mass is 16.5. The average Bonchev–Trinajstić information content (AvgIpc) is 2.44. The molecule has 24 heavy (non-hydrogen) atoms. The number of rotatable bonds is 4. The number of aliphatic hydroxyl groups is 1. The second kappa shape index (κ2) is 6.82. The summed E-state index contributed by atoms with van der Waals surface area (Å²) in [4.78, 5) is 11.4. The number of allylic oxidation sites excluding steroid dienone is 1. The van der Waals surface area contributed by atoms with Gasteiger partial charge in [-0.15, -0.1) is 0 Å². The average molecular weight is 337 g/mol. The zero-order valence-electron chi connectivity index (χ0n) is 16.4. The van der Waals surface area contributed by atoms with Crippen molar-refractivity contribution in [3.63, 3.8) is 0 Å². The van der Waals surface area contributed by atoms with Gasteiger partial charge in [0.15, 0.2) is 0 Å². The fourth-order valence-electron chi connectivity index (χ4n) is 5.97. The molecule has 3 nitrogen and oxygen atoms in total. The van der Waals surface area contributed by atoms with Crippen molar-refractivity contribution in [2.75, 3.05) is 7.11 Å². The Morgan fingerprint density at radius 2 is 1.88 bits per heavy atom. The number of methoxy groups -OCH3 is 1. The zero-order chi connectivity index (χ0) is 18.2. The Bertz CT molecular complexity index is 503. The van der Waals surface area contributed by atoms with Crippen molar-refractivity contribution < 1.29 is 14.6 Å². The molecular formula is C21H36O3. The lowest BCUT2D eigenvalue weighted by Gasteiger charge is -2.61. The van der Waals surface area contributed by atoms with E-state index in [2.05, 4.69) is 20.8 Å². The highest BCUT2D eigenvalue weighted by Crippen LogP contribution is 2.62. The molecule has 3 heteroatoms. The van der Waals surface area contributed by atoms with Crippen LogP contribution < -0.4 is 0 Å².